The van der Waals surface area contributed by atoms with E-state index >= 15 is 0 Å². The van der Waals surface area contributed by atoms with Gasteiger partial charge in [-0.2, -0.15) is 0 Å². The van der Waals surface area contributed by atoms with Gasteiger partial charge in [-0.05, 0) is 50.3 Å². The third-order valence-electron chi connectivity index (χ3n) is 6.47. The first-order valence-electron chi connectivity index (χ1n) is 11.3. The predicted octanol–water partition coefficient (Wildman–Crippen LogP) is 2.11. The van der Waals surface area contributed by atoms with Crippen molar-refractivity contribution in [3.8, 4) is 0 Å². The maximum Gasteiger partial charge on any atom is 0.220 e. The minimum absolute atomic E-state index is 0.102. The van der Waals surface area contributed by atoms with Crippen LogP contribution in [0.1, 0.15) is 48.7 Å². The van der Waals surface area contributed by atoms with Crippen LogP contribution < -0.4 is 11.1 Å². The van der Waals surface area contributed by atoms with Gasteiger partial charge in [0.15, 0.2) is 11.5 Å². The van der Waals surface area contributed by atoms with Gasteiger partial charge in [0.2, 0.25) is 5.91 Å². The Labute approximate surface area is 190 Å². The zero-order valence-electron chi connectivity index (χ0n) is 18.7. The normalized spacial score (nSPS) is 21.0. The van der Waals surface area contributed by atoms with Crippen LogP contribution in [0.15, 0.2) is 24.8 Å². The van der Waals surface area contributed by atoms with Crippen LogP contribution in [0.4, 0.5) is 5.82 Å². The number of imidazole rings is 2. The molecule has 5 N–H and O–H groups in total. The Hall–Kier alpha value is -3.53. The molecule has 0 unspecified atom stereocenters. The summed E-state index contributed by atoms with van der Waals surface area (Å²) in [4.78, 5) is 33.2. The number of aryl methyl sites for hydroxylation is 3. The van der Waals surface area contributed by atoms with Crippen molar-refractivity contribution in [3.05, 3.63) is 41.7 Å². The molecule has 0 spiro atoms. The van der Waals surface area contributed by atoms with Crippen molar-refractivity contribution in [3.63, 3.8) is 0 Å². The van der Waals surface area contributed by atoms with E-state index in [1.807, 2.05) is 11.5 Å². The van der Waals surface area contributed by atoms with Crippen molar-refractivity contribution < 1.29 is 9.90 Å². The summed E-state index contributed by atoms with van der Waals surface area (Å²) in [5, 5.41) is 14.1. The fraction of sp³-hybridized carbons (Fsp3) is 0.435. The van der Waals surface area contributed by atoms with E-state index in [-0.39, 0.29) is 18.0 Å². The Balaban J connectivity index is 1.25. The minimum atomic E-state index is -0.756. The first kappa shape index (κ1) is 21.3. The molecule has 3 atom stereocenters. The number of aliphatic hydroxyl groups excluding tert-OH is 1. The smallest absolute Gasteiger partial charge is 0.220 e. The van der Waals surface area contributed by atoms with Crippen LogP contribution in [-0.4, -0.2) is 52.6 Å². The van der Waals surface area contributed by atoms with Gasteiger partial charge < -0.3 is 25.7 Å². The maximum absolute atomic E-state index is 12.7. The number of anilines is 1. The average Bonchev–Trinajstić information content (AvgIpc) is 3.39. The number of nitrogens with zero attached hydrogens (tertiary/aromatic N) is 5. The molecular formula is C23H28N8O2. The third kappa shape index (κ3) is 4.02. The molecule has 10 nitrogen and oxygen atoms in total. The third-order valence-corrected chi connectivity index (χ3v) is 6.47. The Morgan fingerprint density at radius 2 is 2.09 bits per heavy atom. The number of fused-ring (bicyclic) bond motifs is 2. The predicted molar refractivity (Wildman–Crippen MR) is 124 cm³/mol. The molecule has 0 aliphatic heterocycles. The molecule has 1 amide bonds. The fourth-order valence-electron chi connectivity index (χ4n) is 4.88. The molecule has 0 radical (unpaired) electrons. The number of amides is 1. The van der Waals surface area contributed by atoms with Crippen LogP contribution in [0.2, 0.25) is 0 Å². The van der Waals surface area contributed by atoms with Crippen LogP contribution in [0, 0.1) is 13.8 Å². The second-order valence-corrected chi connectivity index (χ2v) is 8.91. The summed E-state index contributed by atoms with van der Waals surface area (Å²) in [6.45, 7) is 4.09. The fourth-order valence-corrected chi connectivity index (χ4v) is 4.88. The van der Waals surface area contributed by atoms with E-state index < -0.39 is 6.10 Å². The number of aromatic amines is 1. The van der Waals surface area contributed by atoms with Gasteiger partial charge in [-0.15, -0.1) is 0 Å². The molecule has 1 aromatic carbocycles. The first-order chi connectivity index (χ1) is 15.9. The zero-order valence-corrected chi connectivity index (χ0v) is 18.7. The summed E-state index contributed by atoms with van der Waals surface area (Å²) in [5.41, 5.74) is 11.2. The summed E-state index contributed by atoms with van der Waals surface area (Å²) < 4.78 is 1.84. The molecule has 10 heteroatoms. The van der Waals surface area contributed by atoms with E-state index in [0.29, 0.717) is 29.8 Å². The van der Waals surface area contributed by atoms with Crippen LogP contribution in [0.3, 0.4) is 0 Å². The van der Waals surface area contributed by atoms with Crippen LogP contribution in [-0.2, 0) is 11.2 Å². The molecule has 33 heavy (non-hydrogen) atoms. The van der Waals surface area contributed by atoms with Gasteiger partial charge in [-0.25, -0.2) is 19.9 Å². The van der Waals surface area contributed by atoms with E-state index in [4.69, 9.17) is 5.73 Å². The largest absolute Gasteiger partial charge is 0.389 e. The number of nitrogens with one attached hydrogen (secondary N) is 2. The number of nitrogens with two attached hydrogens (primary N) is 1. The van der Waals surface area contributed by atoms with Gasteiger partial charge in [0.1, 0.15) is 17.7 Å². The monoisotopic (exact) mass is 448 g/mol. The van der Waals surface area contributed by atoms with Gasteiger partial charge in [-0.3, -0.25) is 4.79 Å². The second-order valence-electron chi connectivity index (χ2n) is 8.91. The van der Waals surface area contributed by atoms with Crippen molar-refractivity contribution in [2.75, 3.05) is 5.73 Å². The van der Waals surface area contributed by atoms with E-state index in [2.05, 4.69) is 49.3 Å². The molecular weight excluding hydrogens is 420 g/mol. The Bertz CT molecular complexity index is 1330. The van der Waals surface area contributed by atoms with E-state index in [0.717, 1.165) is 41.7 Å². The summed E-state index contributed by atoms with van der Waals surface area (Å²) >= 11 is 0. The van der Waals surface area contributed by atoms with Gasteiger partial charge in [0.05, 0.1) is 35.5 Å². The van der Waals surface area contributed by atoms with Crippen LogP contribution >= 0.6 is 0 Å². The molecule has 0 saturated heterocycles. The van der Waals surface area contributed by atoms with Crippen molar-refractivity contribution in [2.24, 2.45) is 0 Å². The quantitative estimate of drug-likeness (QED) is 0.365. The lowest BCUT2D eigenvalue weighted by Gasteiger charge is -2.36. The lowest BCUT2D eigenvalue weighted by molar-refractivity contribution is -0.123. The topological polar surface area (TPSA) is 148 Å². The van der Waals surface area contributed by atoms with E-state index in [9.17, 15) is 9.90 Å². The molecule has 3 heterocycles. The zero-order chi connectivity index (χ0) is 23.1. The van der Waals surface area contributed by atoms with Crippen molar-refractivity contribution in [2.45, 2.75) is 64.1 Å². The molecule has 4 aromatic rings. The highest BCUT2D eigenvalue weighted by atomic mass is 16.3. The molecule has 1 aliphatic carbocycles. The Kier molecular flexibility index (Phi) is 5.45. The Morgan fingerprint density at radius 1 is 1.24 bits per heavy atom. The van der Waals surface area contributed by atoms with Crippen LogP contribution in [0.25, 0.3) is 22.2 Å². The average molecular weight is 449 g/mol. The highest BCUT2D eigenvalue weighted by Crippen LogP contribution is 2.31. The number of hydrogen-bond acceptors (Lipinski definition) is 7. The number of benzene rings is 1. The number of hydrogen-bond donors (Lipinski definition) is 4. The highest BCUT2D eigenvalue weighted by Gasteiger charge is 2.35. The lowest BCUT2D eigenvalue weighted by Crippen LogP contribution is -2.49. The molecule has 1 saturated carbocycles. The van der Waals surface area contributed by atoms with Crippen molar-refractivity contribution >= 4 is 33.9 Å². The molecule has 3 aromatic heterocycles. The Morgan fingerprint density at radius 3 is 2.94 bits per heavy atom. The molecule has 0 bridgehead atoms. The second kappa shape index (κ2) is 8.43. The number of rotatable bonds is 5. The molecule has 5 rings (SSSR count). The van der Waals surface area contributed by atoms with Gasteiger partial charge >= 0.3 is 0 Å². The number of nitrogen functional groups attached to an aromatic ring is 1. The minimum Gasteiger partial charge on any atom is -0.389 e. The number of aliphatic hydroxyl groups is 1. The SMILES string of the molecule is Cc1cc(C)c2nc(CCC(=O)N[C@H]3CCC[C@H](n4cnc5c(N)ncnc54)[C@H]3O)[nH]c2c1. The standard InChI is InChI=1S/C23H28N8O2/c1-12-8-13(2)19-15(9-12)28-17(30-19)6-7-18(32)29-14-4-3-5-16(21(14)33)31-11-27-20-22(24)25-10-26-23(20)31/h8-11,14,16,21,33H,3-7H2,1-2H3,(H,28,30)(H,29,32)(H2,24,25,26)/t14-,16-,21-/m0/s1. The van der Waals surface area contributed by atoms with Crippen molar-refractivity contribution in [1.29, 1.82) is 0 Å². The number of carbonyl (C=O) groups is 1. The molecule has 172 valence electrons. The van der Waals surface area contributed by atoms with Gasteiger partial charge in [0.25, 0.3) is 0 Å². The number of H-pyrrole nitrogens is 1. The maximum atomic E-state index is 12.7. The summed E-state index contributed by atoms with van der Waals surface area (Å²) in [6, 6.07) is 3.58. The lowest BCUT2D eigenvalue weighted by atomic mass is 9.87. The van der Waals surface area contributed by atoms with Gasteiger partial charge in [0, 0.05) is 12.8 Å². The first-order valence-corrected chi connectivity index (χ1v) is 11.3. The van der Waals surface area contributed by atoms with E-state index in [1.165, 1.54) is 11.9 Å². The number of aromatic nitrogens is 6. The van der Waals surface area contributed by atoms with E-state index in [1.54, 1.807) is 6.33 Å². The van der Waals surface area contributed by atoms with Gasteiger partial charge in [-0.1, -0.05) is 6.07 Å². The molecule has 1 fully saturated rings. The van der Waals surface area contributed by atoms with Crippen molar-refractivity contribution in [1.82, 2.24) is 34.8 Å². The summed E-state index contributed by atoms with van der Waals surface area (Å²) in [5.74, 6) is 0.998. The summed E-state index contributed by atoms with van der Waals surface area (Å²) in [6.07, 6.45) is 5.43. The summed E-state index contributed by atoms with van der Waals surface area (Å²) in [7, 11) is 0. The van der Waals surface area contributed by atoms with Crippen LogP contribution in [0.5, 0.6) is 0 Å². The molecule has 1 aliphatic rings. The number of carbonyl (C=O) groups excluding carboxylic acids is 1. The highest BCUT2D eigenvalue weighted by molar-refractivity contribution is 5.81.